The Morgan fingerprint density at radius 3 is 3.11 bits per heavy atom. The van der Waals surface area contributed by atoms with Gasteiger partial charge in [0.1, 0.15) is 6.54 Å². The van der Waals surface area contributed by atoms with Crippen LogP contribution in [0.5, 0.6) is 0 Å². The number of aromatic nitrogens is 1. The minimum Gasteiger partial charge on any atom is -0.480 e. The number of aliphatic carboxylic acids is 1. The third kappa shape index (κ3) is 2.45. The van der Waals surface area contributed by atoms with Gasteiger partial charge in [0.25, 0.3) is 0 Å². The molecule has 1 fully saturated rings. The van der Waals surface area contributed by atoms with Crippen LogP contribution >= 0.6 is 23.4 Å². The van der Waals surface area contributed by atoms with Crippen molar-refractivity contribution in [1.82, 2.24) is 9.88 Å². The second-order valence-electron chi connectivity index (χ2n) is 4.47. The summed E-state index contributed by atoms with van der Waals surface area (Å²) in [4.78, 5) is 10.9. The quantitative estimate of drug-likeness (QED) is 0.914. The molecule has 0 radical (unpaired) electrons. The minimum atomic E-state index is -0.842. The van der Waals surface area contributed by atoms with Crippen molar-refractivity contribution in [3.8, 4) is 0 Å². The maximum absolute atomic E-state index is 10.9. The van der Waals surface area contributed by atoms with E-state index < -0.39 is 5.97 Å². The van der Waals surface area contributed by atoms with E-state index in [-0.39, 0.29) is 11.9 Å². The molecule has 1 aliphatic heterocycles. The van der Waals surface area contributed by atoms with Gasteiger partial charge in [-0.3, -0.25) is 4.79 Å². The molecule has 1 unspecified atom stereocenters. The van der Waals surface area contributed by atoms with E-state index in [1.807, 2.05) is 30.1 Å². The van der Waals surface area contributed by atoms with Gasteiger partial charge in [-0.1, -0.05) is 11.6 Å². The molecule has 1 aromatic heterocycles. The van der Waals surface area contributed by atoms with Gasteiger partial charge < -0.3 is 15.0 Å². The number of hydrogen-bond acceptors (Lipinski definition) is 3. The molecule has 6 heteroatoms. The molecule has 4 nitrogen and oxygen atoms in total. The van der Waals surface area contributed by atoms with Crippen LogP contribution in [0, 0.1) is 0 Å². The summed E-state index contributed by atoms with van der Waals surface area (Å²) in [6.45, 7) is 0.941. The molecule has 2 N–H and O–H groups in total. The lowest BCUT2D eigenvalue weighted by atomic mass is 10.2. The van der Waals surface area contributed by atoms with Gasteiger partial charge in [0.15, 0.2) is 0 Å². The van der Waals surface area contributed by atoms with E-state index >= 15 is 0 Å². The maximum atomic E-state index is 10.9. The van der Waals surface area contributed by atoms with Crippen molar-refractivity contribution >= 4 is 40.2 Å². The van der Waals surface area contributed by atoms with Crippen LogP contribution in [0.3, 0.4) is 0 Å². The summed E-state index contributed by atoms with van der Waals surface area (Å²) < 4.78 is 1.77. The van der Waals surface area contributed by atoms with Gasteiger partial charge in [-0.2, -0.15) is 0 Å². The summed E-state index contributed by atoms with van der Waals surface area (Å²) in [5.41, 5.74) is 2.03. The first-order valence-electron chi connectivity index (χ1n) is 6.00. The second-order valence-corrected chi connectivity index (χ2v) is 6.12. The zero-order chi connectivity index (χ0) is 13.4. The number of thioether (sulfide) groups is 1. The standard InChI is InChI=1S/C13H13ClN2O2S/c14-8-1-2-11-9(5-8)10(13-15-3-4-19-13)6-16(11)7-12(17)18/h1-2,5-6,13,15H,3-4,7H2,(H,17,18). The van der Waals surface area contributed by atoms with Crippen LogP contribution in [0.25, 0.3) is 10.9 Å². The van der Waals surface area contributed by atoms with Crippen molar-refractivity contribution in [3.63, 3.8) is 0 Å². The Morgan fingerprint density at radius 2 is 2.42 bits per heavy atom. The van der Waals surface area contributed by atoms with Gasteiger partial charge in [0.05, 0.1) is 5.37 Å². The Hall–Kier alpha value is -1.17. The largest absolute Gasteiger partial charge is 0.480 e. The molecular formula is C13H13ClN2O2S. The van der Waals surface area contributed by atoms with Gasteiger partial charge in [-0.25, -0.2) is 0 Å². The van der Waals surface area contributed by atoms with E-state index in [1.165, 1.54) is 0 Å². The Kier molecular flexibility index (Phi) is 3.43. The number of rotatable bonds is 3. The smallest absolute Gasteiger partial charge is 0.323 e. The number of carboxylic acids is 1. The van der Waals surface area contributed by atoms with Crippen molar-refractivity contribution in [2.24, 2.45) is 0 Å². The molecule has 100 valence electrons. The molecule has 2 aromatic rings. The van der Waals surface area contributed by atoms with Crippen molar-refractivity contribution in [3.05, 3.63) is 35.0 Å². The number of nitrogens with one attached hydrogen (secondary N) is 1. The van der Waals surface area contributed by atoms with Crippen LogP contribution in [-0.2, 0) is 11.3 Å². The van der Waals surface area contributed by atoms with E-state index in [0.717, 1.165) is 28.8 Å². The topological polar surface area (TPSA) is 54.3 Å². The fourth-order valence-corrected chi connectivity index (χ4v) is 3.65. The molecule has 1 aromatic carbocycles. The number of halogens is 1. The van der Waals surface area contributed by atoms with E-state index in [1.54, 1.807) is 10.6 Å². The summed E-state index contributed by atoms with van der Waals surface area (Å²) in [5.74, 6) is 0.224. The van der Waals surface area contributed by atoms with Crippen LogP contribution in [-0.4, -0.2) is 27.9 Å². The molecule has 0 spiro atoms. The lowest BCUT2D eigenvalue weighted by Gasteiger charge is -2.07. The first-order chi connectivity index (χ1) is 9.15. The first kappa shape index (κ1) is 12.8. The van der Waals surface area contributed by atoms with Gasteiger partial charge >= 0.3 is 5.97 Å². The Morgan fingerprint density at radius 1 is 1.58 bits per heavy atom. The zero-order valence-corrected chi connectivity index (χ0v) is 11.7. The van der Waals surface area contributed by atoms with Crippen LogP contribution < -0.4 is 5.32 Å². The third-order valence-corrected chi connectivity index (χ3v) is 4.61. The fourth-order valence-electron chi connectivity index (χ4n) is 2.41. The molecule has 0 aliphatic carbocycles. The molecule has 3 rings (SSSR count). The lowest BCUT2D eigenvalue weighted by Crippen LogP contribution is -2.12. The average Bonchev–Trinajstić information content (AvgIpc) is 2.96. The minimum absolute atomic E-state index is 0.0322. The average molecular weight is 297 g/mol. The lowest BCUT2D eigenvalue weighted by molar-refractivity contribution is -0.137. The predicted octanol–water partition coefficient (Wildman–Crippen LogP) is 2.71. The molecule has 1 saturated heterocycles. The summed E-state index contributed by atoms with van der Waals surface area (Å²) in [7, 11) is 0. The van der Waals surface area contributed by atoms with Gasteiger partial charge in [0.2, 0.25) is 0 Å². The Bertz CT molecular complexity index is 635. The molecule has 2 heterocycles. The highest BCUT2D eigenvalue weighted by Gasteiger charge is 2.22. The van der Waals surface area contributed by atoms with Crippen molar-refractivity contribution in [2.75, 3.05) is 12.3 Å². The van der Waals surface area contributed by atoms with E-state index in [2.05, 4.69) is 5.32 Å². The SMILES string of the molecule is O=C(O)Cn1cc(C2NCCS2)c2cc(Cl)ccc21. The highest BCUT2D eigenvalue weighted by molar-refractivity contribution is 7.99. The summed E-state index contributed by atoms with van der Waals surface area (Å²) in [6.07, 6.45) is 1.92. The monoisotopic (exact) mass is 296 g/mol. The fraction of sp³-hybridized carbons (Fsp3) is 0.308. The van der Waals surface area contributed by atoms with Gasteiger partial charge in [0, 0.05) is 40.0 Å². The van der Waals surface area contributed by atoms with E-state index in [0.29, 0.717) is 5.02 Å². The van der Waals surface area contributed by atoms with Crippen LogP contribution in [0.4, 0.5) is 0 Å². The predicted molar refractivity (Wildman–Crippen MR) is 77.8 cm³/mol. The van der Waals surface area contributed by atoms with Crippen LogP contribution in [0.15, 0.2) is 24.4 Å². The number of fused-ring (bicyclic) bond motifs is 1. The number of benzene rings is 1. The first-order valence-corrected chi connectivity index (χ1v) is 7.43. The molecule has 1 atom stereocenters. The van der Waals surface area contributed by atoms with Crippen LogP contribution in [0.2, 0.25) is 5.02 Å². The highest BCUT2D eigenvalue weighted by Crippen LogP contribution is 2.36. The summed E-state index contributed by atoms with van der Waals surface area (Å²) >= 11 is 7.89. The van der Waals surface area contributed by atoms with Gasteiger partial charge in [-0.05, 0) is 18.2 Å². The maximum Gasteiger partial charge on any atom is 0.323 e. The van der Waals surface area contributed by atoms with E-state index in [4.69, 9.17) is 16.7 Å². The number of carboxylic acid groups (broad SMARTS) is 1. The molecule has 0 bridgehead atoms. The number of nitrogens with zero attached hydrogens (tertiary/aromatic N) is 1. The number of carbonyl (C=O) groups is 1. The van der Waals surface area contributed by atoms with Crippen LogP contribution in [0.1, 0.15) is 10.9 Å². The molecule has 1 aliphatic rings. The summed E-state index contributed by atoms with van der Waals surface area (Å²) in [5, 5.41) is 14.3. The second kappa shape index (κ2) is 5.07. The Balaban J connectivity index is 2.14. The molecule has 0 saturated carbocycles. The number of hydrogen-bond donors (Lipinski definition) is 2. The molecule has 0 amide bonds. The van der Waals surface area contributed by atoms with Gasteiger partial charge in [-0.15, -0.1) is 11.8 Å². The third-order valence-electron chi connectivity index (χ3n) is 3.18. The Labute approximate surface area is 119 Å². The molecule has 19 heavy (non-hydrogen) atoms. The van der Waals surface area contributed by atoms with Crippen molar-refractivity contribution in [2.45, 2.75) is 11.9 Å². The summed E-state index contributed by atoms with van der Waals surface area (Å²) in [6, 6.07) is 5.58. The highest BCUT2D eigenvalue weighted by atomic mass is 35.5. The normalized spacial score (nSPS) is 19.1. The van der Waals surface area contributed by atoms with Crippen molar-refractivity contribution < 1.29 is 9.90 Å². The van der Waals surface area contributed by atoms with E-state index in [9.17, 15) is 4.79 Å². The van der Waals surface area contributed by atoms with Crippen molar-refractivity contribution in [1.29, 1.82) is 0 Å². The zero-order valence-electron chi connectivity index (χ0n) is 10.1. The molecular weight excluding hydrogens is 284 g/mol.